The Hall–Kier alpha value is -0.200. The summed E-state index contributed by atoms with van der Waals surface area (Å²) in [5.74, 6) is 0. The van der Waals surface area contributed by atoms with Crippen molar-refractivity contribution >= 4 is 23.2 Å². The van der Waals surface area contributed by atoms with E-state index in [-0.39, 0.29) is 5.38 Å². The lowest BCUT2D eigenvalue weighted by Crippen LogP contribution is -2.26. The minimum absolute atomic E-state index is 0.0109. The standard InChI is InChI=1S/C16H24Cl2/c1-3-4-5-6-10-13-15(17)16(2,18)14-11-8-7-9-12-14/h7-9,11-12,15H,3-6,10,13H2,1-2H3. The first-order valence-corrected chi connectivity index (χ1v) is 7.79. The van der Waals surface area contributed by atoms with E-state index in [4.69, 9.17) is 23.2 Å². The summed E-state index contributed by atoms with van der Waals surface area (Å²) in [7, 11) is 0. The number of alkyl halides is 2. The number of unbranched alkanes of at least 4 members (excludes halogenated alkanes) is 4. The average Bonchev–Trinajstić information content (AvgIpc) is 2.39. The quantitative estimate of drug-likeness (QED) is 0.400. The number of rotatable bonds is 8. The van der Waals surface area contributed by atoms with E-state index in [1.54, 1.807) is 0 Å². The van der Waals surface area contributed by atoms with Crippen LogP contribution in [0.4, 0.5) is 0 Å². The predicted octanol–water partition coefficient (Wildman–Crippen LogP) is 6.11. The van der Waals surface area contributed by atoms with Crippen LogP contribution in [0.2, 0.25) is 0 Å². The summed E-state index contributed by atoms with van der Waals surface area (Å²) >= 11 is 13.1. The van der Waals surface area contributed by atoms with Crippen LogP contribution in [0.25, 0.3) is 0 Å². The van der Waals surface area contributed by atoms with Crippen LogP contribution in [0.1, 0.15) is 57.9 Å². The SMILES string of the molecule is CCCCCCCC(Cl)C(C)(Cl)c1ccccc1. The number of halogens is 2. The molecule has 0 aliphatic rings. The fourth-order valence-corrected chi connectivity index (χ4v) is 2.66. The van der Waals surface area contributed by atoms with Crippen molar-refractivity contribution in [3.8, 4) is 0 Å². The maximum atomic E-state index is 6.62. The lowest BCUT2D eigenvalue weighted by atomic mass is 9.93. The van der Waals surface area contributed by atoms with Gasteiger partial charge in [-0.25, -0.2) is 0 Å². The van der Waals surface area contributed by atoms with E-state index in [0.29, 0.717) is 0 Å². The number of hydrogen-bond donors (Lipinski definition) is 0. The highest BCUT2D eigenvalue weighted by Crippen LogP contribution is 2.37. The second-order valence-electron chi connectivity index (χ2n) is 5.11. The van der Waals surface area contributed by atoms with Crippen molar-refractivity contribution in [3.05, 3.63) is 35.9 Å². The van der Waals surface area contributed by atoms with E-state index >= 15 is 0 Å². The monoisotopic (exact) mass is 286 g/mol. The Morgan fingerprint density at radius 3 is 2.28 bits per heavy atom. The lowest BCUT2D eigenvalue weighted by molar-refractivity contribution is 0.533. The molecular weight excluding hydrogens is 263 g/mol. The highest BCUT2D eigenvalue weighted by atomic mass is 35.5. The van der Waals surface area contributed by atoms with Gasteiger partial charge in [-0.1, -0.05) is 69.4 Å². The molecule has 0 radical (unpaired) electrons. The zero-order chi connectivity index (χ0) is 13.4. The summed E-state index contributed by atoms with van der Waals surface area (Å²) in [6.45, 7) is 4.25. The summed E-state index contributed by atoms with van der Waals surface area (Å²) in [5, 5.41) is -0.0109. The van der Waals surface area contributed by atoms with Gasteiger partial charge in [0.15, 0.2) is 0 Å². The zero-order valence-corrected chi connectivity index (χ0v) is 13.0. The molecule has 0 aromatic heterocycles. The molecule has 1 rings (SSSR count). The van der Waals surface area contributed by atoms with Crippen LogP contribution in [-0.4, -0.2) is 5.38 Å². The number of hydrogen-bond acceptors (Lipinski definition) is 0. The normalized spacial score (nSPS) is 16.2. The van der Waals surface area contributed by atoms with Crippen molar-refractivity contribution in [1.29, 1.82) is 0 Å². The molecule has 1 aromatic rings. The van der Waals surface area contributed by atoms with Crippen molar-refractivity contribution in [1.82, 2.24) is 0 Å². The van der Waals surface area contributed by atoms with E-state index in [1.807, 2.05) is 25.1 Å². The van der Waals surface area contributed by atoms with Crippen LogP contribution in [-0.2, 0) is 4.87 Å². The van der Waals surface area contributed by atoms with E-state index in [9.17, 15) is 0 Å². The Balaban J connectivity index is 2.42. The molecule has 0 N–H and O–H groups in total. The first kappa shape index (κ1) is 15.9. The second-order valence-corrected chi connectivity index (χ2v) is 6.42. The molecule has 0 spiro atoms. The van der Waals surface area contributed by atoms with Crippen LogP contribution < -0.4 is 0 Å². The van der Waals surface area contributed by atoms with Crippen LogP contribution in [0.3, 0.4) is 0 Å². The van der Waals surface area contributed by atoms with Crippen LogP contribution in [0.5, 0.6) is 0 Å². The Labute approximate surface area is 122 Å². The van der Waals surface area contributed by atoms with Gasteiger partial charge >= 0.3 is 0 Å². The molecule has 0 saturated heterocycles. The lowest BCUT2D eigenvalue weighted by Gasteiger charge is -2.28. The largest absolute Gasteiger partial charge is 0.121 e. The van der Waals surface area contributed by atoms with Gasteiger partial charge in [-0.2, -0.15) is 0 Å². The maximum Gasteiger partial charge on any atom is 0.0829 e. The van der Waals surface area contributed by atoms with Gasteiger partial charge in [0.1, 0.15) is 0 Å². The predicted molar refractivity (Wildman–Crippen MR) is 82.7 cm³/mol. The number of benzene rings is 1. The molecular formula is C16H24Cl2. The van der Waals surface area contributed by atoms with Gasteiger partial charge in [-0.05, 0) is 18.9 Å². The molecule has 0 aliphatic heterocycles. The summed E-state index contributed by atoms with van der Waals surface area (Å²) in [5.41, 5.74) is 1.11. The zero-order valence-electron chi connectivity index (χ0n) is 11.5. The summed E-state index contributed by atoms with van der Waals surface area (Å²) in [6.07, 6.45) is 7.33. The van der Waals surface area contributed by atoms with Gasteiger partial charge < -0.3 is 0 Å². The minimum atomic E-state index is -0.465. The van der Waals surface area contributed by atoms with E-state index < -0.39 is 4.87 Å². The highest BCUT2D eigenvalue weighted by Gasteiger charge is 2.31. The van der Waals surface area contributed by atoms with Crippen LogP contribution >= 0.6 is 23.2 Å². The smallest absolute Gasteiger partial charge is 0.0829 e. The van der Waals surface area contributed by atoms with E-state index in [1.165, 1.54) is 32.1 Å². The molecule has 0 fully saturated rings. The molecule has 2 unspecified atom stereocenters. The van der Waals surface area contributed by atoms with E-state index in [2.05, 4.69) is 19.1 Å². The summed E-state index contributed by atoms with van der Waals surface area (Å²) < 4.78 is 0. The van der Waals surface area contributed by atoms with Crippen molar-refractivity contribution in [3.63, 3.8) is 0 Å². The Bertz CT molecular complexity index is 319. The fraction of sp³-hybridized carbons (Fsp3) is 0.625. The first-order chi connectivity index (χ1) is 8.59. The molecule has 0 saturated carbocycles. The molecule has 18 heavy (non-hydrogen) atoms. The van der Waals surface area contributed by atoms with Gasteiger partial charge in [0.2, 0.25) is 0 Å². The molecule has 0 amide bonds. The Morgan fingerprint density at radius 2 is 1.67 bits per heavy atom. The molecule has 2 heteroatoms. The van der Waals surface area contributed by atoms with Crippen molar-refractivity contribution < 1.29 is 0 Å². The van der Waals surface area contributed by atoms with E-state index in [0.717, 1.165) is 12.0 Å². The van der Waals surface area contributed by atoms with Crippen molar-refractivity contribution in [2.24, 2.45) is 0 Å². The van der Waals surface area contributed by atoms with Gasteiger partial charge in [0.05, 0.1) is 10.3 Å². The average molecular weight is 287 g/mol. The van der Waals surface area contributed by atoms with Crippen molar-refractivity contribution in [2.45, 2.75) is 62.6 Å². The van der Waals surface area contributed by atoms with Gasteiger partial charge in [0, 0.05) is 0 Å². The third-order valence-corrected chi connectivity index (χ3v) is 4.74. The highest BCUT2D eigenvalue weighted by molar-refractivity contribution is 6.32. The first-order valence-electron chi connectivity index (χ1n) is 6.97. The molecule has 102 valence electrons. The third-order valence-electron chi connectivity index (χ3n) is 3.49. The Kier molecular flexibility index (Phi) is 7.11. The molecule has 2 atom stereocenters. The molecule has 0 heterocycles. The Morgan fingerprint density at radius 1 is 1.06 bits per heavy atom. The van der Waals surface area contributed by atoms with Crippen LogP contribution in [0, 0.1) is 0 Å². The maximum absolute atomic E-state index is 6.62. The topological polar surface area (TPSA) is 0 Å². The second kappa shape index (κ2) is 8.07. The summed E-state index contributed by atoms with van der Waals surface area (Å²) in [4.78, 5) is -0.465. The molecule has 0 bridgehead atoms. The third kappa shape index (κ3) is 4.82. The van der Waals surface area contributed by atoms with Crippen LogP contribution in [0.15, 0.2) is 30.3 Å². The summed E-state index contributed by atoms with van der Waals surface area (Å²) in [6, 6.07) is 10.1. The van der Waals surface area contributed by atoms with Gasteiger partial charge in [-0.3, -0.25) is 0 Å². The fourth-order valence-electron chi connectivity index (χ4n) is 2.14. The van der Waals surface area contributed by atoms with Crippen molar-refractivity contribution in [2.75, 3.05) is 0 Å². The molecule has 0 nitrogen and oxygen atoms in total. The minimum Gasteiger partial charge on any atom is -0.121 e. The molecule has 0 aliphatic carbocycles. The van der Waals surface area contributed by atoms with Gasteiger partial charge in [0.25, 0.3) is 0 Å². The molecule has 1 aromatic carbocycles. The van der Waals surface area contributed by atoms with Gasteiger partial charge in [-0.15, -0.1) is 23.2 Å².